The summed E-state index contributed by atoms with van der Waals surface area (Å²) in [6.07, 6.45) is 4.68. The van der Waals surface area contributed by atoms with Crippen LogP contribution in [0.3, 0.4) is 0 Å². The molecule has 1 fully saturated rings. The molecular weight excluding hydrogens is 338 g/mol. The highest BCUT2D eigenvalue weighted by Crippen LogP contribution is 2.31. The van der Waals surface area contributed by atoms with Gasteiger partial charge in [0.25, 0.3) is 0 Å². The van der Waals surface area contributed by atoms with Crippen LogP contribution in [0.15, 0.2) is 36.5 Å². The maximum Gasteiger partial charge on any atom is 0.223 e. The number of nitrogens with one attached hydrogen (secondary N) is 2. The molecule has 0 aliphatic heterocycles. The quantitative estimate of drug-likeness (QED) is 0.706. The van der Waals surface area contributed by atoms with Crippen LogP contribution in [0.1, 0.15) is 36.0 Å². The molecule has 0 spiro atoms. The SMILES string of the molecule is Cc1nc([C@@H](Cc2c[nH]c3ccccc23)NC(=O)C2CC2)cc(N(C)C)n1. The second-order valence-electron chi connectivity index (χ2n) is 7.49. The first-order valence-corrected chi connectivity index (χ1v) is 9.39. The summed E-state index contributed by atoms with van der Waals surface area (Å²) >= 11 is 0. The number of fused-ring (bicyclic) bond motifs is 1. The Hall–Kier alpha value is -2.89. The number of benzene rings is 1. The lowest BCUT2D eigenvalue weighted by atomic mass is 10.0. The van der Waals surface area contributed by atoms with Crippen molar-refractivity contribution < 1.29 is 4.79 Å². The van der Waals surface area contributed by atoms with Crippen LogP contribution < -0.4 is 10.2 Å². The molecular formula is C21H25N5O. The van der Waals surface area contributed by atoms with Crippen molar-refractivity contribution >= 4 is 22.6 Å². The summed E-state index contributed by atoms with van der Waals surface area (Å²) in [7, 11) is 3.92. The smallest absolute Gasteiger partial charge is 0.223 e. The number of aryl methyl sites for hydroxylation is 1. The Labute approximate surface area is 159 Å². The van der Waals surface area contributed by atoms with Gasteiger partial charge in [-0.3, -0.25) is 4.79 Å². The van der Waals surface area contributed by atoms with Crippen LogP contribution in [0.5, 0.6) is 0 Å². The fourth-order valence-corrected chi connectivity index (χ4v) is 3.37. The van der Waals surface area contributed by atoms with Crippen LogP contribution in [0.4, 0.5) is 5.82 Å². The summed E-state index contributed by atoms with van der Waals surface area (Å²) in [5.74, 6) is 1.84. The second kappa shape index (κ2) is 7.02. The molecule has 1 aliphatic carbocycles. The number of aromatic nitrogens is 3. The third-order valence-electron chi connectivity index (χ3n) is 5.02. The van der Waals surface area contributed by atoms with Crippen molar-refractivity contribution in [2.75, 3.05) is 19.0 Å². The van der Waals surface area contributed by atoms with Crippen molar-refractivity contribution in [1.82, 2.24) is 20.3 Å². The number of amides is 1. The van der Waals surface area contributed by atoms with Crippen molar-refractivity contribution in [2.24, 2.45) is 5.92 Å². The first-order valence-electron chi connectivity index (χ1n) is 9.39. The second-order valence-corrected chi connectivity index (χ2v) is 7.49. The van der Waals surface area contributed by atoms with Gasteiger partial charge in [-0.2, -0.15) is 0 Å². The summed E-state index contributed by atoms with van der Waals surface area (Å²) in [4.78, 5) is 26.9. The lowest BCUT2D eigenvalue weighted by molar-refractivity contribution is -0.123. The normalized spacial score (nSPS) is 14.9. The maximum atomic E-state index is 12.5. The molecule has 1 aromatic carbocycles. The number of anilines is 1. The van der Waals surface area contributed by atoms with E-state index >= 15 is 0 Å². The summed E-state index contributed by atoms with van der Waals surface area (Å²) in [5.41, 5.74) is 3.13. The first-order chi connectivity index (χ1) is 13.0. The largest absolute Gasteiger partial charge is 0.363 e. The summed E-state index contributed by atoms with van der Waals surface area (Å²) in [6, 6.07) is 10.0. The van der Waals surface area contributed by atoms with Crippen LogP contribution >= 0.6 is 0 Å². The molecule has 140 valence electrons. The molecule has 6 nitrogen and oxygen atoms in total. The molecule has 2 heterocycles. The van der Waals surface area contributed by atoms with Crippen LogP contribution in [0.2, 0.25) is 0 Å². The van der Waals surface area contributed by atoms with E-state index < -0.39 is 0 Å². The van der Waals surface area contributed by atoms with Crippen molar-refractivity contribution in [3.63, 3.8) is 0 Å². The van der Waals surface area contributed by atoms with Gasteiger partial charge in [-0.05, 0) is 31.4 Å². The predicted molar refractivity (Wildman–Crippen MR) is 107 cm³/mol. The molecule has 1 atom stereocenters. The molecule has 2 aromatic heterocycles. The van der Waals surface area contributed by atoms with Gasteiger partial charge in [0.1, 0.15) is 11.6 Å². The van der Waals surface area contributed by atoms with E-state index in [2.05, 4.69) is 32.4 Å². The molecule has 3 aromatic rings. The molecule has 6 heteroatoms. The number of H-pyrrole nitrogens is 1. The van der Waals surface area contributed by atoms with Crippen LogP contribution in [-0.4, -0.2) is 35.0 Å². The first kappa shape index (κ1) is 17.5. The Balaban J connectivity index is 1.69. The highest BCUT2D eigenvalue weighted by Gasteiger charge is 2.32. The third kappa shape index (κ3) is 3.79. The number of carbonyl (C=O) groups is 1. The van der Waals surface area contributed by atoms with E-state index in [-0.39, 0.29) is 17.9 Å². The summed E-state index contributed by atoms with van der Waals surface area (Å²) in [5, 5.41) is 4.41. The van der Waals surface area contributed by atoms with E-state index in [0.29, 0.717) is 12.2 Å². The number of aromatic amines is 1. The zero-order valence-corrected chi connectivity index (χ0v) is 16.0. The molecule has 1 amide bonds. The minimum absolute atomic E-state index is 0.127. The monoisotopic (exact) mass is 363 g/mol. The topological polar surface area (TPSA) is 73.9 Å². The Morgan fingerprint density at radius 2 is 2.07 bits per heavy atom. The lowest BCUT2D eigenvalue weighted by Gasteiger charge is -2.21. The minimum atomic E-state index is -0.183. The Kier molecular flexibility index (Phi) is 4.56. The van der Waals surface area contributed by atoms with Gasteiger partial charge in [-0.25, -0.2) is 9.97 Å². The van der Waals surface area contributed by atoms with Gasteiger partial charge in [-0.15, -0.1) is 0 Å². The molecule has 2 N–H and O–H groups in total. The van der Waals surface area contributed by atoms with Gasteiger partial charge < -0.3 is 15.2 Å². The number of carbonyl (C=O) groups excluding carboxylic acids is 1. The standard InChI is InChI=1S/C21H25N5O/c1-13-23-19(11-20(24-13)26(2)3)18(25-21(27)14-8-9-14)10-15-12-22-17-7-5-4-6-16(15)17/h4-7,11-12,14,18,22H,8-10H2,1-3H3,(H,25,27)/t18-/m1/s1. The summed E-state index contributed by atoms with van der Waals surface area (Å²) in [6.45, 7) is 1.89. The van der Waals surface area contributed by atoms with Crippen molar-refractivity contribution in [1.29, 1.82) is 0 Å². The molecule has 0 bridgehead atoms. The van der Waals surface area contributed by atoms with Gasteiger partial charge in [-0.1, -0.05) is 18.2 Å². The van der Waals surface area contributed by atoms with Crippen molar-refractivity contribution in [2.45, 2.75) is 32.2 Å². The van der Waals surface area contributed by atoms with E-state index in [1.165, 1.54) is 10.9 Å². The number of para-hydroxylation sites is 1. The number of rotatable bonds is 6. The fraction of sp³-hybridized carbons (Fsp3) is 0.381. The summed E-state index contributed by atoms with van der Waals surface area (Å²) < 4.78 is 0. The highest BCUT2D eigenvalue weighted by atomic mass is 16.2. The van der Waals surface area contributed by atoms with Gasteiger partial charge in [0.15, 0.2) is 0 Å². The minimum Gasteiger partial charge on any atom is -0.363 e. The molecule has 4 rings (SSSR count). The van der Waals surface area contributed by atoms with E-state index in [4.69, 9.17) is 0 Å². The van der Waals surface area contributed by atoms with Crippen molar-refractivity contribution in [3.8, 4) is 0 Å². The Bertz CT molecular complexity index is 974. The predicted octanol–water partition coefficient (Wildman–Crippen LogP) is 3.14. The highest BCUT2D eigenvalue weighted by molar-refractivity contribution is 5.84. The lowest BCUT2D eigenvalue weighted by Crippen LogP contribution is -2.32. The van der Waals surface area contributed by atoms with Crippen molar-refractivity contribution in [3.05, 3.63) is 53.6 Å². The molecule has 27 heavy (non-hydrogen) atoms. The molecule has 0 saturated heterocycles. The van der Waals surface area contributed by atoms with Crippen LogP contribution in [0, 0.1) is 12.8 Å². The maximum absolute atomic E-state index is 12.5. The number of nitrogens with zero attached hydrogens (tertiary/aromatic N) is 3. The van der Waals surface area contributed by atoms with E-state index in [9.17, 15) is 4.79 Å². The van der Waals surface area contributed by atoms with Gasteiger partial charge in [0.05, 0.1) is 11.7 Å². The number of hydrogen-bond donors (Lipinski definition) is 2. The average Bonchev–Trinajstić information content (AvgIpc) is 3.43. The fourth-order valence-electron chi connectivity index (χ4n) is 3.37. The van der Waals surface area contributed by atoms with Gasteiger partial charge >= 0.3 is 0 Å². The molecule has 0 radical (unpaired) electrons. The Morgan fingerprint density at radius 1 is 1.30 bits per heavy atom. The van der Waals surface area contributed by atoms with E-state index in [1.54, 1.807) is 0 Å². The van der Waals surface area contributed by atoms with E-state index in [1.807, 2.05) is 50.3 Å². The molecule has 0 unspecified atom stereocenters. The zero-order chi connectivity index (χ0) is 19.0. The van der Waals surface area contributed by atoms with Gasteiger partial charge in [0, 0.05) is 49.6 Å². The van der Waals surface area contributed by atoms with Gasteiger partial charge in [0.2, 0.25) is 5.91 Å². The molecule has 1 aliphatic rings. The Morgan fingerprint density at radius 3 is 2.81 bits per heavy atom. The number of hydrogen-bond acceptors (Lipinski definition) is 4. The van der Waals surface area contributed by atoms with E-state index in [0.717, 1.165) is 29.9 Å². The third-order valence-corrected chi connectivity index (χ3v) is 5.02. The van der Waals surface area contributed by atoms with Crippen LogP contribution in [0.25, 0.3) is 10.9 Å². The molecule has 1 saturated carbocycles. The zero-order valence-electron chi connectivity index (χ0n) is 16.0. The average molecular weight is 363 g/mol. The van der Waals surface area contributed by atoms with Crippen LogP contribution in [-0.2, 0) is 11.2 Å².